The normalized spacial score (nSPS) is 10.0. The van der Waals surface area contributed by atoms with Crippen LogP contribution in [-0.2, 0) is 4.79 Å². The van der Waals surface area contributed by atoms with Crippen LogP contribution >= 0.6 is 0 Å². The van der Waals surface area contributed by atoms with Crippen LogP contribution in [0, 0.1) is 12.3 Å². The molecule has 0 spiro atoms. The van der Waals surface area contributed by atoms with Gasteiger partial charge in [0.05, 0.1) is 0 Å². The molecule has 0 saturated carbocycles. The van der Waals surface area contributed by atoms with Crippen LogP contribution in [0.1, 0.15) is 39.5 Å². The predicted molar refractivity (Wildman–Crippen MR) is 63.4 cm³/mol. The number of unbranched alkanes of at least 4 members (excludes halogenated alkanes) is 1. The summed E-state index contributed by atoms with van der Waals surface area (Å²) in [6.07, 6.45) is 8.18. The molecule has 86 valence electrons. The number of rotatable bonds is 8. The monoisotopic (exact) mass is 210 g/mol. The molecule has 0 aromatic carbocycles. The lowest BCUT2D eigenvalue weighted by molar-refractivity contribution is -0.121. The van der Waals surface area contributed by atoms with E-state index in [1.165, 1.54) is 0 Å². The maximum absolute atomic E-state index is 11.3. The van der Waals surface area contributed by atoms with E-state index in [1.807, 2.05) is 0 Å². The third kappa shape index (κ3) is 10.9. The zero-order chi connectivity index (χ0) is 11.5. The van der Waals surface area contributed by atoms with Crippen LogP contribution in [0.2, 0.25) is 0 Å². The van der Waals surface area contributed by atoms with E-state index in [4.69, 9.17) is 6.42 Å². The van der Waals surface area contributed by atoms with Crippen molar-refractivity contribution in [2.45, 2.75) is 45.6 Å². The van der Waals surface area contributed by atoms with Gasteiger partial charge in [-0.2, -0.15) is 0 Å². The zero-order valence-electron chi connectivity index (χ0n) is 9.81. The molecule has 0 aromatic heterocycles. The number of hydrogen-bond donors (Lipinski definition) is 2. The van der Waals surface area contributed by atoms with Gasteiger partial charge in [-0.1, -0.05) is 13.8 Å². The van der Waals surface area contributed by atoms with E-state index in [-0.39, 0.29) is 5.91 Å². The highest BCUT2D eigenvalue weighted by Crippen LogP contribution is 1.90. The summed E-state index contributed by atoms with van der Waals surface area (Å²) < 4.78 is 0. The molecule has 0 aliphatic carbocycles. The summed E-state index contributed by atoms with van der Waals surface area (Å²) in [5.41, 5.74) is 0. The number of carbonyl (C=O) groups is 1. The van der Waals surface area contributed by atoms with E-state index < -0.39 is 0 Å². The van der Waals surface area contributed by atoms with Gasteiger partial charge in [0.25, 0.3) is 0 Å². The summed E-state index contributed by atoms with van der Waals surface area (Å²) >= 11 is 0. The lowest BCUT2D eigenvalue weighted by Crippen LogP contribution is -2.27. The third-order valence-corrected chi connectivity index (χ3v) is 1.95. The largest absolute Gasteiger partial charge is 0.356 e. The van der Waals surface area contributed by atoms with Gasteiger partial charge >= 0.3 is 0 Å². The summed E-state index contributed by atoms with van der Waals surface area (Å²) in [4.78, 5) is 11.3. The molecule has 0 bridgehead atoms. The van der Waals surface area contributed by atoms with Crippen LogP contribution in [0.3, 0.4) is 0 Å². The van der Waals surface area contributed by atoms with Crippen molar-refractivity contribution in [1.29, 1.82) is 0 Å². The van der Waals surface area contributed by atoms with E-state index >= 15 is 0 Å². The first-order chi connectivity index (χ1) is 7.16. The molecule has 3 nitrogen and oxygen atoms in total. The Kier molecular flexibility index (Phi) is 8.90. The molecule has 3 heteroatoms. The van der Waals surface area contributed by atoms with Crippen LogP contribution in [0.5, 0.6) is 0 Å². The van der Waals surface area contributed by atoms with Gasteiger partial charge in [0, 0.05) is 25.4 Å². The predicted octanol–water partition coefficient (Wildman–Crippen LogP) is 1.29. The van der Waals surface area contributed by atoms with E-state index in [2.05, 4.69) is 30.4 Å². The van der Waals surface area contributed by atoms with Crippen LogP contribution in [-0.4, -0.2) is 25.0 Å². The van der Waals surface area contributed by atoms with Gasteiger partial charge in [-0.25, -0.2) is 0 Å². The number of terminal acetylenes is 1. The molecule has 0 radical (unpaired) electrons. The maximum Gasteiger partial charge on any atom is 0.220 e. The number of carbonyl (C=O) groups excluding carboxylic acids is 1. The highest BCUT2D eigenvalue weighted by atomic mass is 16.1. The molecule has 0 unspecified atom stereocenters. The summed E-state index contributed by atoms with van der Waals surface area (Å²) in [7, 11) is 0. The molecule has 0 rings (SSSR count). The van der Waals surface area contributed by atoms with Crippen molar-refractivity contribution in [3.8, 4) is 12.3 Å². The van der Waals surface area contributed by atoms with Gasteiger partial charge in [0.1, 0.15) is 0 Å². The standard InChI is InChI=1S/C12H22N2O/c1-4-5-6-9-14-12(15)8-7-10-13-11(2)3/h1,11,13H,5-10H2,2-3H3,(H,14,15). The molecule has 15 heavy (non-hydrogen) atoms. The Hall–Kier alpha value is -1.01. The molecule has 0 saturated heterocycles. The quantitative estimate of drug-likeness (QED) is 0.468. The molecule has 0 heterocycles. The minimum atomic E-state index is 0.123. The Morgan fingerprint density at radius 2 is 2.07 bits per heavy atom. The fourth-order valence-corrected chi connectivity index (χ4v) is 1.15. The van der Waals surface area contributed by atoms with Crippen molar-refractivity contribution >= 4 is 5.91 Å². The Morgan fingerprint density at radius 3 is 2.67 bits per heavy atom. The third-order valence-electron chi connectivity index (χ3n) is 1.95. The van der Waals surface area contributed by atoms with Crippen molar-refractivity contribution in [2.75, 3.05) is 13.1 Å². The Morgan fingerprint density at radius 1 is 1.33 bits per heavy atom. The average Bonchev–Trinajstić information content (AvgIpc) is 2.19. The fraction of sp³-hybridized carbons (Fsp3) is 0.750. The summed E-state index contributed by atoms with van der Waals surface area (Å²) in [5.74, 6) is 2.67. The van der Waals surface area contributed by atoms with E-state index in [0.717, 1.165) is 25.8 Å². The number of nitrogens with one attached hydrogen (secondary N) is 2. The van der Waals surface area contributed by atoms with Crippen LogP contribution < -0.4 is 10.6 Å². The van der Waals surface area contributed by atoms with Crippen molar-refractivity contribution < 1.29 is 4.79 Å². The number of hydrogen-bond acceptors (Lipinski definition) is 2. The van der Waals surface area contributed by atoms with Gasteiger partial charge in [-0.05, 0) is 19.4 Å². The van der Waals surface area contributed by atoms with Gasteiger partial charge in [-0.3, -0.25) is 4.79 Å². The van der Waals surface area contributed by atoms with E-state index in [9.17, 15) is 4.79 Å². The Labute approximate surface area is 93.0 Å². The second-order valence-electron chi connectivity index (χ2n) is 3.87. The SMILES string of the molecule is C#CCCCNC(=O)CCCNC(C)C. The zero-order valence-corrected chi connectivity index (χ0v) is 9.81. The first-order valence-electron chi connectivity index (χ1n) is 5.60. The van der Waals surface area contributed by atoms with Gasteiger partial charge < -0.3 is 10.6 Å². The smallest absolute Gasteiger partial charge is 0.220 e. The van der Waals surface area contributed by atoms with Crippen molar-refractivity contribution in [2.24, 2.45) is 0 Å². The minimum absolute atomic E-state index is 0.123. The molecule has 0 atom stereocenters. The summed E-state index contributed by atoms with van der Waals surface area (Å²) in [6, 6.07) is 0.490. The molecule has 0 aliphatic rings. The first kappa shape index (κ1) is 14.0. The molecule has 1 amide bonds. The number of amides is 1. The molecule has 0 fully saturated rings. The molecule has 2 N–H and O–H groups in total. The molecular formula is C12H22N2O. The van der Waals surface area contributed by atoms with Crippen LogP contribution in [0.4, 0.5) is 0 Å². The molecule has 0 aliphatic heterocycles. The summed E-state index contributed by atoms with van der Waals surface area (Å²) in [6.45, 7) is 5.79. The highest BCUT2D eigenvalue weighted by molar-refractivity contribution is 5.75. The fourth-order valence-electron chi connectivity index (χ4n) is 1.15. The highest BCUT2D eigenvalue weighted by Gasteiger charge is 1.99. The molecule has 0 aromatic rings. The Bertz CT molecular complexity index is 206. The summed E-state index contributed by atoms with van der Waals surface area (Å²) in [5, 5.41) is 6.11. The van der Waals surface area contributed by atoms with Crippen molar-refractivity contribution in [1.82, 2.24) is 10.6 Å². The van der Waals surface area contributed by atoms with Crippen LogP contribution in [0.25, 0.3) is 0 Å². The topological polar surface area (TPSA) is 41.1 Å². The lowest BCUT2D eigenvalue weighted by Gasteiger charge is -2.07. The van der Waals surface area contributed by atoms with Crippen LogP contribution in [0.15, 0.2) is 0 Å². The second kappa shape index (κ2) is 9.54. The van der Waals surface area contributed by atoms with E-state index in [0.29, 0.717) is 19.0 Å². The van der Waals surface area contributed by atoms with Crippen molar-refractivity contribution in [3.05, 3.63) is 0 Å². The molecular weight excluding hydrogens is 188 g/mol. The van der Waals surface area contributed by atoms with Gasteiger partial charge in [-0.15, -0.1) is 12.3 Å². The van der Waals surface area contributed by atoms with Gasteiger partial charge in [0.2, 0.25) is 5.91 Å². The second-order valence-corrected chi connectivity index (χ2v) is 3.87. The van der Waals surface area contributed by atoms with Crippen molar-refractivity contribution in [3.63, 3.8) is 0 Å². The Balaban J connectivity index is 3.23. The maximum atomic E-state index is 11.3. The minimum Gasteiger partial charge on any atom is -0.356 e. The lowest BCUT2D eigenvalue weighted by atomic mass is 10.2. The van der Waals surface area contributed by atoms with Gasteiger partial charge in [0.15, 0.2) is 0 Å². The van der Waals surface area contributed by atoms with E-state index in [1.54, 1.807) is 0 Å². The average molecular weight is 210 g/mol. The first-order valence-corrected chi connectivity index (χ1v) is 5.60.